The number of hydrogen-bond donors (Lipinski definition) is 2. The van der Waals surface area contributed by atoms with Gasteiger partial charge in [-0.15, -0.1) is 0 Å². The van der Waals surface area contributed by atoms with Crippen molar-refractivity contribution in [3.63, 3.8) is 0 Å². The Morgan fingerprint density at radius 1 is 1.14 bits per heavy atom. The van der Waals surface area contributed by atoms with Crippen LogP contribution in [-0.2, 0) is 9.53 Å². The van der Waals surface area contributed by atoms with Crippen LogP contribution in [0, 0.1) is 5.82 Å². The van der Waals surface area contributed by atoms with Gasteiger partial charge < -0.3 is 15.0 Å². The number of methoxy groups -OCH3 is 1. The first-order chi connectivity index (χ1) is 17.8. The molecule has 37 heavy (non-hydrogen) atoms. The molecule has 0 unspecified atom stereocenters. The second-order valence-electron chi connectivity index (χ2n) is 9.11. The number of hydrogen-bond acceptors (Lipinski definition) is 5. The maximum absolute atomic E-state index is 15.1. The predicted molar refractivity (Wildman–Crippen MR) is 137 cm³/mol. The van der Waals surface area contributed by atoms with Crippen LogP contribution in [-0.4, -0.2) is 52.2 Å². The number of rotatable bonds is 6. The molecule has 0 spiro atoms. The maximum atomic E-state index is 15.1. The van der Waals surface area contributed by atoms with E-state index in [1.807, 2.05) is 6.07 Å². The van der Waals surface area contributed by atoms with Crippen molar-refractivity contribution in [2.24, 2.45) is 0 Å². The van der Waals surface area contributed by atoms with Gasteiger partial charge in [-0.2, -0.15) is 0 Å². The lowest BCUT2D eigenvalue weighted by Crippen LogP contribution is -2.45. The Labute approximate surface area is 217 Å². The van der Waals surface area contributed by atoms with Gasteiger partial charge in [-0.25, -0.2) is 14.2 Å². The molecule has 2 fully saturated rings. The van der Waals surface area contributed by atoms with Gasteiger partial charge >= 0.3 is 6.03 Å². The molecule has 1 saturated heterocycles. The van der Waals surface area contributed by atoms with Crippen molar-refractivity contribution in [1.29, 1.82) is 0 Å². The number of likely N-dealkylation sites (tertiary alicyclic amines) is 1. The zero-order chi connectivity index (χ0) is 26.1. The predicted octanol–water partition coefficient (Wildman–Crippen LogP) is 4.16. The monoisotopic (exact) mass is 525 g/mol. The molecule has 9 nitrogen and oxygen atoms in total. The van der Waals surface area contributed by atoms with Gasteiger partial charge in [-0.1, -0.05) is 17.7 Å². The minimum absolute atomic E-state index is 0.0497. The standard InChI is InChI=1S/C26H25ClFN5O4/c1-37-18-12-22(32(14-18)26(36)31-23-10-7-16(27)13-29-23)25(35)30-20-9-8-17(11-19(20)28)33-21(15-5-6-15)3-2-4-24(33)34/h2-4,7-11,13,15,18,22H,5-6,12,14H2,1H3,(H,30,35)(H,29,31,36)/t18-,22-/m1/s1. The van der Waals surface area contributed by atoms with Gasteiger partial charge in [0, 0.05) is 44.1 Å². The number of nitrogens with zero attached hydrogens (tertiary/aromatic N) is 3. The van der Waals surface area contributed by atoms with Gasteiger partial charge in [0.2, 0.25) is 5.91 Å². The van der Waals surface area contributed by atoms with E-state index in [0.29, 0.717) is 10.7 Å². The number of anilines is 2. The van der Waals surface area contributed by atoms with E-state index in [0.717, 1.165) is 18.5 Å². The lowest BCUT2D eigenvalue weighted by atomic mass is 10.1. The van der Waals surface area contributed by atoms with E-state index in [1.165, 1.54) is 41.0 Å². The van der Waals surface area contributed by atoms with Crippen LogP contribution in [0.15, 0.2) is 59.5 Å². The summed E-state index contributed by atoms with van der Waals surface area (Å²) in [5.74, 6) is -0.683. The maximum Gasteiger partial charge on any atom is 0.323 e. The van der Waals surface area contributed by atoms with Crippen LogP contribution < -0.4 is 16.2 Å². The first-order valence-corrected chi connectivity index (χ1v) is 12.3. The molecule has 1 aliphatic carbocycles. The van der Waals surface area contributed by atoms with Crippen molar-refractivity contribution in [1.82, 2.24) is 14.5 Å². The van der Waals surface area contributed by atoms with Crippen LogP contribution >= 0.6 is 11.6 Å². The molecule has 5 rings (SSSR count). The topological polar surface area (TPSA) is 106 Å². The molecule has 192 valence electrons. The van der Waals surface area contributed by atoms with E-state index in [1.54, 1.807) is 24.3 Å². The fraction of sp³-hybridized carbons (Fsp3) is 0.308. The van der Waals surface area contributed by atoms with Crippen LogP contribution in [0.25, 0.3) is 5.69 Å². The van der Waals surface area contributed by atoms with E-state index in [4.69, 9.17) is 16.3 Å². The number of ether oxygens (including phenoxy) is 1. The fourth-order valence-electron chi connectivity index (χ4n) is 4.51. The summed E-state index contributed by atoms with van der Waals surface area (Å²) in [6.07, 6.45) is 3.25. The lowest BCUT2D eigenvalue weighted by molar-refractivity contribution is -0.119. The Hall–Kier alpha value is -3.76. The zero-order valence-corrected chi connectivity index (χ0v) is 20.7. The number of amides is 3. The molecule has 1 aromatic carbocycles. The Morgan fingerprint density at radius 3 is 2.62 bits per heavy atom. The zero-order valence-electron chi connectivity index (χ0n) is 20.0. The van der Waals surface area contributed by atoms with Gasteiger partial charge in [0.1, 0.15) is 17.7 Å². The van der Waals surface area contributed by atoms with Crippen molar-refractivity contribution in [2.75, 3.05) is 24.3 Å². The normalized spacial score (nSPS) is 19.1. The molecular formula is C26H25ClFN5O4. The SMILES string of the molecule is CO[C@@H]1C[C@H](C(=O)Nc2ccc(-n3c(C4CC4)cccc3=O)cc2F)N(C(=O)Nc2ccc(Cl)cn2)C1. The van der Waals surface area contributed by atoms with Crippen LogP contribution in [0.2, 0.25) is 5.02 Å². The lowest BCUT2D eigenvalue weighted by Gasteiger charge is -2.24. The number of aromatic nitrogens is 2. The molecule has 0 bridgehead atoms. The Bertz CT molecular complexity index is 1390. The molecule has 3 amide bonds. The quantitative estimate of drug-likeness (QED) is 0.502. The third-order valence-corrected chi connectivity index (χ3v) is 6.79. The molecule has 2 aromatic heterocycles. The minimum atomic E-state index is -0.894. The molecule has 11 heteroatoms. The van der Waals surface area contributed by atoms with E-state index in [2.05, 4.69) is 15.6 Å². The van der Waals surface area contributed by atoms with Gasteiger partial charge in [0.25, 0.3) is 5.56 Å². The van der Waals surface area contributed by atoms with E-state index >= 15 is 4.39 Å². The molecule has 2 atom stereocenters. The van der Waals surface area contributed by atoms with E-state index in [-0.39, 0.29) is 42.1 Å². The van der Waals surface area contributed by atoms with Crippen LogP contribution in [0.1, 0.15) is 30.9 Å². The van der Waals surface area contributed by atoms with Gasteiger partial charge in [0.05, 0.1) is 22.5 Å². The van der Waals surface area contributed by atoms with Crippen LogP contribution in [0.5, 0.6) is 0 Å². The highest BCUT2D eigenvalue weighted by Crippen LogP contribution is 2.40. The summed E-state index contributed by atoms with van der Waals surface area (Å²) in [4.78, 5) is 44.0. The molecule has 3 heterocycles. The second-order valence-corrected chi connectivity index (χ2v) is 9.54. The van der Waals surface area contributed by atoms with E-state index < -0.39 is 23.8 Å². The average Bonchev–Trinajstić information content (AvgIpc) is 3.64. The summed E-state index contributed by atoms with van der Waals surface area (Å²) in [7, 11) is 1.50. The Morgan fingerprint density at radius 2 is 1.95 bits per heavy atom. The summed E-state index contributed by atoms with van der Waals surface area (Å²) in [5, 5.41) is 5.65. The van der Waals surface area contributed by atoms with Gasteiger partial charge in [-0.3, -0.25) is 19.5 Å². The highest BCUT2D eigenvalue weighted by molar-refractivity contribution is 6.30. The molecule has 2 N–H and O–H groups in total. The Kier molecular flexibility index (Phi) is 6.94. The van der Waals surface area contributed by atoms with Crippen molar-refractivity contribution in [2.45, 2.75) is 37.3 Å². The average molecular weight is 526 g/mol. The van der Waals surface area contributed by atoms with Gasteiger partial charge in [0.15, 0.2) is 0 Å². The summed E-state index contributed by atoms with van der Waals surface area (Å²) >= 11 is 5.84. The third kappa shape index (κ3) is 5.35. The Balaban J connectivity index is 1.33. The molecule has 2 aliphatic rings. The molecule has 0 radical (unpaired) electrons. The smallest absolute Gasteiger partial charge is 0.323 e. The molecule has 3 aromatic rings. The summed E-state index contributed by atoms with van der Waals surface area (Å²) in [6.45, 7) is 0.177. The van der Waals surface area contributed by atoms with Gasteiger partial charge in [-0.05, 0) is 49.1 Å². The highest BCUT2D eigenvalue weighted by Gasteiger charge is 2.40. The molecule has 1 saturated carbocycles. The fourth-order valence-corrected chi connectivity index (χ4v) is 4.62. The molecular weight excluding hydrogens is 501 g/mol. The van der Waals surface area contributed by atoms with Crippen LogP contribution in [0.4, 0.5) is 20.7 Å². The number of carbonyl (C=O) groups excluding carboxylic acids is 2. The number of carbonyl (C=O) groups is 2. The second kappa shape index (κ2) is 10.3. The number of halogens is 2. The summed E-state index contributed by atoms with van der Waals surface area (Å²) in [6, 6.07) is 10.9. The van der Waals surface area contributed by atoms with Crippen molar-refractivity contribution in [3.8, 4) is 5.69 Å². The highest BCUT2D eigenvalue weighted by atomic mass is 35.5. The van der Waals surface area contributed by atoms with Crippen molar-refractivity contribution >= 4 is 35.0 Å². The first kappa shape index (κ1) is 24.9. The van der Waals surface area contributed by atoms with Crippen molar-refractivity contribution < 1.29 is 18.7 Å². The molecule has 1 aliphatic heterocycles. The van der Waals surface area contributed by atoms with Crippen LogP contribution in [0.3, 0.4) is 0 Å². The number of nitrogens with one attached hydrogen (secondary N) is 2. The number of urea groups is 1. The summed E-state index contributed by atoms with van der Waals surface area (Å²) < 4.78 is 22.0. The minimum Gasteiger partial charge on any atom is -0.380 e. The first-order valence-electron chi connectivity index (χ1n) is 11.9. The van der Waals surface area contributed by atoms with Crippen molar-refractivity contribution in [3.05, 3.63) is 81.6 Å². The van der Waals surface area contributed by atoms with E-state index in [9.17, 15) is 14.4 Å². The summed E-state index contributed by atoms with van der Waals surface area (Å²) in [5.41, 5.74) is 0.942. The third-order valence-electron chi connectivity index (χ3n) is 6.57. The largest absolute Gasteiger partial charge is 0.380 e. The number of pyridine rings is 2. The number of benzene rings is 1.